The molecule has 5 rings (SSSR count). The van der Waals surface area contributed by atoms with Gasteiger partial charge in [-0.15, -0.1) is 0 Å². The number of hydrogen-bond donors (Lipinski definition) is 4. The smallest absolute Gasteiger partial charge is 0.252 e. The number of aromatic nitrogens is 2. The standard InChI is InChI=1S/C29H31N5O2/c1-18-10-11-23(34-29(36)27-9-5-6-12-30-27)15-25(18)28(35)33-19(2)26-14-21(22-16-31-32-17-22)13-20-7-3-4-8-24(20)26/h3-4,7-8,10-11,13-17,19,27,30H,5-6,9,12H2,1-2H3,(H,31,32)(H,33,35)(H,34,36)/t19-,27-/m1/s1. The molecule has 1 fully saturated rings. The molecule has 0 bridgehead atoms. The molecule has 36 heavy (non-hydrogen) atoms. The molecule has 2 amide bonds. The Hall–Kier alpha value is -3.97. The van der Waals surface area contributed by atoms with Gasteiger partial charge in [0.2, 0.25) is 5.91 Å². The van der Waals surface area contributed by atoms with E-state index in [1.807, 2.05) is 44.3 Å². The monoisotopic (exact) mass is 481 g/mol. The Morgan fingerprint density at radius 3 is 2.69 bits per heavy atom. The van der Waals surface area contributed by atoms with Gasteiger partial charge in [0.1, 0.15) is 0 Å². The van der Waals surface area contributed by atoms with Crippen LogP contribution in [0.3, 0.4) is 0 Å². The minimum absolute atomic E-state index is 0.0548. The van der Waals surface area contributed by atoms with Crippen molar-refractivity contribution in [3.63, 3.8) is 0 Å². The molecule has 184 valence electrons. The quantitative estimate of drug-likeness (QED) is 0.308. The van der Waals surface area contributed by atoms with E-state index in [9.17, 15) is 9.59 Å². The molecule has 0 radical (unpaired) electrons. The number of aryl methyl sites for hydroxylation is 1. The summed E-state index contributed by atoms with van der Waals surface area (Å²) < 4.78 is 0. The predicted octanol–water partition coefficient (Wildman–Crippen LogP) is 5.11. The zero-order chi connectivity index (χ0) is 25.1. The van der Waals surface area contributed by atoms with Gasteiger partial charge in [-0.3, -0.25) is 14.7 Å². The van der Waals surface area contributed by atoms with E-state index in [1.165, 1.54) is 0 Å². The molecule has 1 saturated heterocycles. The third-order valence-electron chi connectivity index (χ3n) is 6.92. The van der Waals surface area contributed by atoms with Gasteiger partial charge >= 0.3 is 0 Å². The Morgan fingerprint density at radius 2 is 1.92 bits per heavy atom. The highest BCUT2D eigenvalue weighted by Crippen LogP contribution is 2.31. The molecule has 3 aromatic carbocycles. The second-order valence-electron chi connectivity index (χ2n) is 9.49. The lowest BCUT2D eigenvalue weighted by Gasteiger charge is -2.23. The molecule has 0 saturated carbocycles. The first-order valence-electron chi connectivity index (χ1n) is 12.5. The number of nitrogens with zero attached hydrogens (tertiary/aromatic N) is 1. The van der Waals surface area contributed by atoms with Crippen molar-refractivity contribution >= 4 is 28.3 Å². The van der Waals surface area contributed by atoms with Gasteiger partial charge in [0.15, 0.2) is 0 Å². The van der Waals surface area contributed by atoms with Crippen molar-refractivity contribution in [3.05, 3.63) is 83.7 Å². The number of piperidine rings is 1. The highest BCUT2D eigenvalue weighted by Gasteiger charge is 2.22. The van der Waals surface area contributed by atoms with E-state index in [1.54, 1.807) is 12.3 Å². The molecule has 0 spiro atoms. The van der Waals surface area contributed by atoms with Crippen molar-refractivity contribution in [1.29, 1.82) is 0 Å². The summed E-state index contributed by atoms with van der Waals surface area (Å²) in [6.07, 6.45) is 6.62. The lowest BCUT2D eigenvalue weighted by Crippen LogP contribution is -2.43. The number of hydrogen-bond acceptors (Lipinski definition) is 4. The normalized spacial score (nSPS) is 16.4. The summed E-state index contributed by atoms with van der Waals surface area (Å²) in [5.41, 5.74) is 5.09. The van der Waals surface area contributed by atoms with Gasteiger partial charge in [-0.05, 0) is 85.0 Å². The van der Waals surface area contributed by atoms with Crippen LogP contribution in [0.1, 0.15) is 53.7 Å². The maximum Gasteiger partial charge on any atom is 0.252 e. The number of carbonyl (C=O) groups is 2. The molecule has 2 heterocycles. The summed E-state index contributed by atoms with van der Waals surface area (Å²) in [7, 11) is 0. The zero-order valence-electron chi connectivity index (χ0n) is 20.6. The van der Waals surface area contributed by atoms with Crippen molar-refractivity contribution in [3.8, 4) is 11.1 Å². The highest BCUT2D eigenvalue weighted by molar-refractivity contribution is 6.00. The molecule has 0 unspecified atom stereocenters. The van der Waals surface area contributed by atoms with Crippen LogP contribution in [0.5, 0.6) is 0 Å². The maximum atomic E-state index is 13.4. The van der Waals surface area contributed by atoms with Crippen molar-refractivity contribution < 1.29 is 9.59 Å². The topological polar surface area (TPSA) is 98.9 Å². The molecule has 1 aliphatic heterocycles. The number of aromatic amines is 1. The van der Waals surface area contributed by atoms with E-state index in [4.69, 9.17) is 0 Å². The Labute approximate surface area is 210 Å². The van der Waals surface area contributed by atoms with Gasteiger partial charge in [-0.25, -0.2) is 0 Å². The average Bonchev–Trinajstić information content (AvgIpc) is 3.45. The van der Waals surface area contributed by atoms with E-state index in [0.29, 0.717) is 11.3 Å². The van der Waals surface area contributed by atoms with Crippen LogP contribution in [0.15, 0.2) is 67.0 Å². The molecule has 1 aliphatic rings. The molecule has 4 N–H and O–H groups in total. The minimum atomic E-state index is -0.238. The van der Waals surface area contributed by atoms with E-state index in [2.05, 4.69) is 50.4 Å². The summed E-state index contributed by atoms with van der Waals surface area (Å²) in [4.78, 5) is 26.1. The van der Waals surface area contributed by atoms with Crippen LogP contribution in [-0.4, -0.2) is 34.6 Å². The van der Waals surface area contributed by atoms with E-state index in [-0.39, 0.29) is 23.9 Å². The van der Waals surface area contributed by atoms with Crippen LogP contribution in [0, 0.1) is 6.92 Å². The van der Waals surface area contributed by atoms with E-state index >= 15 is 0 Å². The summed E-state index contributed by atoms with van der Waals surface area (Å²) >= 11 is 0. The molecular formula is C29H31N5O2. The van der Waals surface area contributed by atoms with Crippen LogP contribution >= 0.6 is 0 Å². The van der Waals surface area contributed by atoms with Crippen molar-refractivity contribution in [2.24, 2.45) is 0 Å². The number of fused-ring (bicyclic) bond motifs is 1. The maximum absolute atomic E-state index is 13.4. The van der Waals surface area contributed by atoms with Crippen molar-refractivity contribution in [2.75, 3.05) is 11.9 Å². The van der Waals surface area contributed by atoms with Crippen LogP contribution < -0.4 is 16.0 Å². The first kappa shape index (κ1) is 23.8. The number of amides is 2. The molecular weight excluding hydrogens is 450 g/mol. The Morgan fingerprint density at radius 1 is 1.06 bits per heavy atom. The second-order valence-corrected chi connectivity index (χ2v) is 9.49. The number of nitrogens with one attached hydrogen (secondary N) is 4. The molecule has 7 heteroatoms. The fraction of sp³-hybridized carbons (Fsp3) is 0.276. The lowest BCUT2D eigenvalue weighted by atomic mass is 9.94. The first-order chi connectivity index (χ1) is 17.5. The van der Waals surface area contributed by atoms with Gasteiger partial charge in [-0.2, -0.15) is 5.10 Å². The van der Waals surface area contributed by atoms with Gasteiger partial charge in [0.25, 0.3) is 5.91 Å². The van der Waals surface area contributed by atoms with Crippen LogP contribution in [-0.2, 0) is 4.79 Å². The van der Waals surface area contributed by atoms with Crippen LogP contribution in [0.25, 0.3) is 21.9 Å². The lowest BCUT2D eigenvalue weighted by molar-refractivity contribution is -0.118. The predicted molar refractivity (Wildman–Crippen MR) is 143 cm³/mol. The molecule has 1 aromatic heterocycles. The molecule has 4 aromatic rings. The molecule has 0 aliphatic carbocycles. The highest BCUT2D eigenvalue weighted by atomic mass is 16.2. The average molecular weight is 482 g/mol. The van der Waals surface area contributed by atoms with E-state index in [0.717, 1.165) is 58.8 Å². The number of H-pyrrole nitrogens is 1. The second kappa shape index (κ2) is 10.3. The van der Waals surface area contributed by atoms with Gasteiger partial charge in [-0.1, -0.05) is 36.8 Å². The zero-order valence-corrected chi connectivity index (χ0v) is 20.6. The van der Waals surface area contributed by atoms with Gasteiger partial charge in [0, 0.05) is 23.0 Å². The van der Waals surface area contributed by atoms with Crippen LogP contribution in [0.2, 0.25) is 0 Å². The number of anilines is 1. The molecule has 2 atom stereocenters. The third-order valence-corrected chi connectivity index (χ3v) is 6.92. The summed E-state index contributed by atoms with van der Waals surface area (Å²) in [6, 6.07) is 17.5. The minimum Gasteiger partial charge on any atom is -0.345 e. The SMILES string of the molecule is Cc1ccc(NC(=O)[C@H]2CCCCN2)cc1C(=O)N[C@H](C)c1cc(-c2cn[nH]c2)cc2ccccc12. The van der Waals surface area contributed by atoms with Crippen molar-refractivity contribution in [1.82, 2.24) is 20.8 Å². The Bertz CT molecular complexity index is 1390. The Kier molecular flexibility index (Phi) is 6.82. The number of rotatable bonds is 6. The van der Waals surface area contributed by atoms with Gasteiger partial charge in [0.05, 0.1) is 18.3 Å². The van der Waals surface area contributed by atoms with E-state index < -0.39 is 0 Å². The first-order valence-corrected chi connectivity index (χ1v) is 12.5. The molecule has 7 nitrogen and oxygen atoms in total. The fourth-order valence-electron chi connectivity index (χ4n) is 4.88. The van der Waals surface area contributed by atoms with Crippen LogP contribution in [0.4, 0.5) is 5.69 Å². The summed E-state index contributed by atoms with van der Waals surface area (Å²) in [5, 5.41) is 18.6. The summed E-state index contributed by atoms with van der Waals surface area (Å²) in [6.45, 7) is 4.76. The number of carbonyl (C=O) groups excluding carboxylic acids is 2. The number of benzene rings is 3. The fourth-order valence-corrected chi connectivity index (χ4v) is 4.88. The third kappa shape index (κ3) is 5.02. The van der Waals surface area contributed by atoms with Gasteiger partial charge < -0.3 is 16.0 Å². The largest absolute Gasteiger partial charge is 0.345 e. The Balaban J connectivity index is 1.38. The summed E-state index contributed by atoms with van der Waals surface area (Å²) in [5.74, 6) is -0.231. The van der Waals surface area contributed by atoms with Crippen molar-refractivity contribution in [2.45, 2.75) is 45.2 Å².